The number of hydrogen-bond acceptors (Lipinski definition) is 13. The molecule has 9 amide bonds. The summed E-state index contributed by atoms with van der Waals surface area (Å²) in [5.41, 5.74) is 20.0. The quantitative estimate of drug-likeness (QED) is 0.0282. The smallest absolute Gasteiger partial charge is 0.243 e. The molecule has 0 bridgehead atoms. The van der Waals surface area contributed by atoms with Gasteiger partial charge in [0.1, 0.15) is 36.3 Å². The summed E-state index contributed by atoms with van der Waals surface area (Å²) in [6, 6.07) is 7.63. The van der Waals surface area contributed by atoms with Crippen LogP contribution in [0.2, 0.25) is 0 Å². The van der Waals surface area contributed by atoms with E-state index in [4.69, 9.17) is 17.2 Å². The van der Waals surface area contributed by atoms with Crippen LogP contribution in [0.4, 0.5) is 0 Å². The van der Waals surface area contributed by atoms with Crippen LogP contribution in [0.3, 0.4) is 0 Å². The van der Waals surface area contributed by atoms with Gasteiger partial charge in [-0.15, -0.1) is 0 Å². The average molecular weight is 1070 g/mol. The van der Waals surface area contributed by atoms with E-state index in [1.54, 1.807) is 64.2 Å². The Bertz CT molecular complexity index is 2600. The van der Waals surface area contributed by atoms with Gasteiger partial charge in [-0.05, 0) is 69.1 Å². The van der Waals surface area contributed by atoms with Crippen molar-refractivity contribution in [3.8, 4) is 0 Å². The number of benzene rings is 2. The Morgan fingerprint density at radius 1 is 0.697 bits per heavy atom. The summed E-state index contributed by atoms with van der Waals surface area (Å²) in [6.07, 6.45) is 4.72. The molecule has 0 aliphatic heterocycles. The number of para-hydroxylation sites is 1. The summed E-state index contributed by atoms with van der Waals surface area (Å²) >= 11 is 4.51. The number of H-pyrrole nitrogens is 2. The van der Waals surface area contributed by atoms with Crippen molar-refractivity contribution in [1.29, 1.82) is 0 Å². The minimum absolute atomic E-state index is 0.0118. The monoisotopic (exact) mass is 1070 g/mol. The number of amides is 9. The lowest BCUT2D eigenvalue weighted by atomic mass is 9.99. The molecule has 4 aromatic rings. The summed E-state index contributed by atoms with van der Waals surface area (Å²) in [7, 11) is 0. The Labute approximate surface area is 448 Å². The molecule has 0 aliphatic carbocycles. The molecule has 0 saturated heterocycles. The average Bonchev–Trinajstić information content (AvgIpc) is 4.02. The number of hydrogen-bond donors (Lipinski definition) is 14. The number of nitrogens with one attached hydrogen (secondary N) is 10. The van der Waals surface area contributed by atoms with Gasteiger partial charge in [0.25, 0.3) is 0 Å². The van der Waals surface area contributed by atoms with Crippen LogP contribution in [-0.2, 0) is 62.4 Å². The Hall–Kier alpha value is -7.31. The van der Waals surface area contributed by atoms with Gasteiger partial charge in [0.15, 0.2) is 0 Å². The van der Waals surface area contributed by atoms with E-state index in [-0.39, 0.29) is 44.6 Å². The predicted molar refractivity (Wildman–Crippen MR) is 289 cm³/mol. The molecule has 2 heterocycles. The first-order valence-corrected chi connectivity index (χ1v) is 25.7. The molecule has 414 valence electrons. The zero-order valence-electron chi connectivity index (χ0n) is 44.2. The minimum atomic E-state index is -1.34. The largest absolute Gasteiger partial charge is 0.370 e. The summed E-state index contributed by atoms with van der Waals surface area (Å²) < 4.78 is -0.807. The van der Waals surface area contributed by atoms with Crippen LogP contribution in [0.25, 0.3) is 10.9 Å². The van der Waals surface area contributed by atoms with Crippen LogP contribution < -0.4 is 59.7 Å². The highest BCUT2D eigenvalue weighted by molar-refractivity contribution is 7.81. The number of aromatic amines is 2. The SMILES string of the molecule is CC(C)C[C@@H](CN[C@H](C(N)=O)C(C)(C)S)NC(=O)[C@H](Cc1cnc[nH]1)NC(=O)CNC(=O)[C@@H](NC(=O)[C@H](C)NC(=O)[C@H](Cc1c[nH]c2ccccc12)NC(=O)[C@H](CCC(N)=O)NC(=O)[C@H](N)Cc1ccccc1)C(C)C. The third-order valence-corrected chi connectivity index (χ3v) is 12.7. The molecule has 16 N–H and O–H groups in total. The predicted octanol–water partition coefficient (Wildman–Crippen LogP) is -0.589. The number of nitrogens with two attached hydrogens (primary N) is 3. The molecule has 23 nitrogen and oxygen atoms in total. The third-order valence-electron chi connectivity index (χ3n) is 12.4. The second-order valence-corrected chi connectivity index (χ2v) is 21.5. The van der Waals surface area contributed by atoms with Crippen molar-refractivity contribution < 1.29 is 43.2 Å². The molecule has 0 fully saturated rings. The first kappa shape index (κ1) is 61.2. The van der Waals surface area contributed by atoms with Gasteiger partial charge >= 0.3 is 0 Å². The molecule has 0 unspecified atom stereocenters. The van der Waals surface area contributed by atoms with E-state index in [2.05, 4.69) is 70.1 Å². The van der Waals surface area contributed by atoms with Gasteiger partial charge in [0.2, 0.25) is 53.2 Å². The van der Waals surface area contributed by atoms with Gasteiger partial charge in [0, 0.05) is 65.6 Å². The Morgan fingerprint density at radius 3 is 1.95 bits per heavy atom. The molecular weight excluding hydrogens is 997 g/mol. The van der Waals surface area contributed by atoms with Crippen molar-refractivity contribution in [2.24, 2.45) is 29.0 Å². The maximum absolute atomic E-state index is 14.2. The lowest BCUT2D eigenvalue weighted by Crippen LogP contribution is -2.59. The molecule has 24 heteroatoms. The van der Waals surface area contributed by atoms with Crippen LogP contribution in [0, 0.1) is 11.8 Å². The fraction of sp³-hybridized carbons (Fsp3) is 0.500. The fourth-order valence-electron chi connectivity index (χ4n) is 8.36. The van der Waals surface area contributed by atoms with E-state index in [1.165, 1.54) is 19.4 Å². The van der Waals surface area contributed by atoms with E-state index in [9.17, 15) is 43.2 Å². The lowest BCUT2D eigenvalue weighted by Gasteiger charge is -2.31. The number of fused-ring (bicyclic) bond motifs is 1. The standard InChI is InChI=1S/C52H76N14O9S/c1-28(2)19-34(25-58-44(45(55)69)52(6,7)76)62-50(74)40(22-33-24-56-27-60-33)63-42(68)26-59-51(75)43(29(3)4)66-46(70)30(5)61-49(73)39(21-32-23-57-37-16-12-11-15-35(32)37)65-48(72)38(17-18-41(54)67)64-47(71)36(53)20-31-13-9-8-10-14-31/h8-16,23-24,27-30,34,36,38-40,43-44,57-58,76H,17-22,25-26,53H2,1-7H3,(H2,54,67)(H2,55,69)(H,56,60)(H,59,75)(H,61,73)(H,62,74)(H,63,68)(H,64,71)(H,65,72)(H,66,70)/t30-,34-,36+,38-,39-,40-,43-,44+/m0/s1. The summed E-state index contributed by atoms with van der Waals surface area (Å²) in [6.45, 7) is 11.7. The number of aromatic nitrogens is 3. The highest BCUT2D eigenvalue weighted by Crippen LogP contribution is 2.20. The van der Waals surface area contributed by atoms with Gasteiger partial charge in [-0.25, -0.2) is 4.98 Å². The topological polar surface area (TPSA) is 372 Å². The summed E-state index contributed by atoms with van der Waals surface area (Å²) in [5.74, 6) is -6.78. The van der Waals surface area contributed by atoms with E-state index in [1.807, 2.05) is 38.1 Å². The van der Waals surface area contributed by atoms with Crippen LogP contribution >= 0.6 is 12.6 Å². The van der Waals surface area contributed by atoms with Crippen molar-refractivity contribution in [2.75, 3.05) is 13.1 Å². The van der Waals surface area contributed by atoms with E-state index in [0.29, 0.717) is 17.7 Å². The molecular formula is C52H76N14O9S. The van der Waals surface area contributed by atoms with Crippen molar-refractivity contribution in [3.05, 3.63) is 90.1 Å². The maximum Gasteiger partial charge on any atom is 0.243 e. The molecule has 2 aromatic heterocycles. The summed E-state index contributed by atoms with van der Waals surface area (Å²) in [5, 5.41) is 22.6. The number of carbonyl (C=O) groups excluding carboxylic acids is 9. The maximum atomic E-state index is 14.2. The highest BCUT2D eigenvalue weighted by Gasteiger charge is 2.34. The van der Waals surface area contributed by atoms with E-state index >= 15 is 0 Å². The molecule has 0 spiro atoms. The first-order valence-electron chi connectivity index (χ1n) is 25.3. The molecule has 2 aromatic carbocycles. The van der Waals surface area contributed by atoms with E-state index in [0.717, 1.165) is 16.5 Å². The zero-order valence-corrected chi connectivity index (χ0v) is 45.1. The number of rotatable bonds is 31. The number of imidazole rings is 1. The zero-order chi connectivity index (χ0) is 56.3. The number of carbonyl (C=O) groups is 9. The minimum Gasteiger partial charge on any atom is -0.370 e. The summed E-state index contributed by atoms with van der Waals surface area (Å²) in [4.78, 5) is 131. The van der Waals surface area contributed by atoms with Crippen molar-refractivity contribution in [2.45, 2.75) is 140 Å². The molecule has 76 heavy (non-hydrogen) atoms. The Balaban J connectivity index is 1.44. The van der Waals surface area contributed by atoms with Crippen LogP contribution in [0.5, 0.6) is 0 Å². The van der Waals surface area contributed by atoms with Crippen molar-refractivity contribution >= 4 is 76.7 Å². The number of thiol groups is 1. The molecule has 8 atom stereocenters. The van der Waals surface area contributed by atoms with Crippen LogP contribution in [-0.4, -0.2) is 134 Å². The first-order chi connectivity index (χ1) is 35.8. The Morgan fingerprint density at radius 2 is 1.33 bits per heavy atom. The van der Waals surface area contributed by atoms with Gasteiger partial charge in [-0.3, -0.25) is 43.2 Å². The molecule has 0 radical (unpaired) electrons. The Kier molecular flexibility index (Phi) is 23.5. The second kappa shape index (κ2) is 29.1. The molecule has 0 aliphatic rings. The van der Waals surface area contributed by atoms with Gasteiger partial charge in [0.05, 0.1) is 18.9 Å². The lowest BCUT2D eigenvalue weighted by molar-refractivity contribution is -0.135. The van der Waals surface area contributed by atoms with Gasteiger partial charge in [-0.1, -0.05) is 76.2 Å². The van der Waals surface area contributed by atoms with Crippen LogP contribution in [0.15, 0.2) is 73.3 Å². The highest BCUT2D eigenvalue weighted by atomic mass is 32.1. The van der Waals surface area contributed by atoms with Gasteiger partial charge in [-0.2, -0.15) is 12.6 Å². The van der Waals surface area contributed by atoms with Crippen molar-refractivity contribution in [3.63, 3.8) is 0 Å². The number of nitrogens with zero attached hydrogens (tertiary/aromatic N) is 1. The third kappa shape index (κ3) is 19.8. The number of primary amides is 2. The molecule has 4 rings (SSSR count). The second-order valence-electron chi connectivity index (χ2n) is 20.3. The van der Waals surface area contributed by atoms with Crippen LogP contribution in [0.1, 0.15) is 84.5 Å². The molecule has 0 saturated carbocycles. The fourth-order valence-corrected chi connectivity index (χ4v) is 8.58. The van der Waals surface area contributed by atoms with E-state index < -0.39 is 119 Å². The van der Waals surface area contributed by atoms with Crippen molar-refractivity contribution in [1.82, 2.24) is 57.5 Å². The normalized spacial score (nSPS) is 14.7. The van der Waals surface area contributed by atoms with Gasteiger partial charge < -0.3 is 69.7 Å².